The monoisotopic (exact) mass is 325 g/mol. The molecular weight excluding hydrogens is 306 g/mol. The largest absolute Gasteiger partial charge is 0.340 e. The summed E-state index contributed by atoms with van der Waals surface area (Å²) in [7, 11) is 1.69. The predicted octanol–water partition coefficient (Wildman–Crippen LogP) is 0.985. The minimum Gasteiger partial charge on any atom is -0.340 e. The molecule has 7 heteroatoms. The number of fused-ring (bicyclic) bond motifs is 1. The van der Waals surface area contributed by atoms with Crippen molar-refractivity contribution in [2.75, 3.05) is 20.1 Å². The van der Waals surface area contributed by atoms with Crippen LogP contribution in [0.5, 0.6) is 0 Å². The molecule has 24 heavy (non-hydrogen) atoms. The molecule has 2 aliphatic heterocycles. The minimum absolute atomic E-state index is 0.0331. The molecule has 3 amide bonds. The van der Waals surface area contributed by atoms with Crippen molar-refractivity contribution in [3.05, 3.63) is 41.7 Å². The molecule has 0 aliphatic carbocycles. The Morgan fingerprint density at radius 2 is 2.08 bits per heavy atom. The second-order valence-electron chi connectivity index (χ2n) is 6.27. The number of hydrogen-bond donors (Lipinski definition) is 2. The van der Waals surface area contributed by atoms with Crippen LogP contribution >= 0.6 is 0 Å². The fraction of sp³-hybridized carbons (Fsp3) is 0.353. The van der Waals surface area contributed by atoms with Gasteiger partial charge in [0, 0.05) is 25.6 Å². The molecular formula is C17H19N5O2. The van der Waals surface area contributed by atoms with E-state index in [2.05, 4.69) is 15.3 Å². The Labute approximate surface area is 139 Å². The number of H-pyrrole nitrogens is 1. The van der Waals surface area contributed by atoms with Crippen LogP contribution in [0.15, 0.2) is 30.3 Å². The Kier molecular flexibility index (Phi) is 3.48. The summed E-state index contributed by atoms with van der Waals surface area (Å²) in [5.41, 5.74) is 3.03. The van der Waals surface area contributed by atoms with E-state index in [9.17, 15) is 9.59 Å². The summed E-state index contributed by atoms with van der Waals surface area (Å²) in [4.78, 5) is 35.5. The molecule has 2 N–H and O–H groups in total. The molecule has 0 spiro atoms. The van der Waals surface area contributed by atoms with Gasteiger partial charge in [0.2, 0.25) is 5.91 Å². The smallest absolute Gasteiger partial charge is 0.317 e. The highest BCUT2D eigenvalue weighted by molar-refractivity contribution is 5.90. The van der Waals surface area contributed by atoms with Crippen molar-refractivity contribution in [3.63, 3.8) is 0 Å². The third-order valence-corrected chi connectivity index (χ3v) is 4.59. The number of benzene rings is 1. The maximum atomic E-state index is 12.6. The second kappa shape index (κ2) is 5.67. The number of likely N-dealkylation sites (N-methyl/N-ethyl adjacent to an activating group) is 1. The maximum absolute atomic E-state index is 12.6. The summed E-state index contributed by atoms with van der Waals surface area (Å²) >= 11 is 0. The summed E-state index contributed by atoms with van der Waals surface area (Å²) in [6, 6.07) is 9.30. The normalized spacial score (nSPS) is 20.0. The Balaban J connectivity index is 1.51. The van der Waals surface area contributed by atoms with Crippen molar-refractivity contribution in [2.45, 2.75) is 19.0 Å². The van der Waals surface area contributed by atoms with E-state index >= 15 is 0 Å². The standard InChI is InChI=1S/C17H19N5O2/c1-21-9-14(20-17(21)24)16(23)22-8-7-12-13(10-22)19-15(18-12)11-5-3-2-4-6-11/h2-6,14H,7-10H2,1H3,(H,18,19)(H,20,24). The van der Waals surface area contributed by atoms with E-state index < -0.39 is 6.04 Å². The van der Waals surface area contributed by atoms with Gasteiger partial charge in [-0.3, -0.25) is 4.79 Å². The number of aromatic amines is 1. The fourth-order valence-electron chi connectivity index (χ4n) is 3.24. The van der Waals surface area contributed by atoms with Crippen LogP contribution < -0.4 is 5.32 Å². The SMILES string of the molecule is CN1CC(C(=O)N2CCc3nc(-c4ccccc4)[nH]c3C2)NC1=O. The number of imidazole rings is 1. The first-order valence-corrected chi connectivity index (χ1v) is 8.05. The van der Waals surface area contributed by atoms with Gasteiger partial charge >= 0.3 is 6.03 Å². The Bertz CT molecular complexity index is 786. The number of carbonyl (C=O) groups excluding carboxylic acids is 2. The van der Waals surface area contributed by atoms with Crippen LogP contribution in [-0.2, 0) is 17.8 Å². The fourth-order valence-corrected chi connectivity index (χ4v) is 3.24. The van der Waals surface area contributed by atoms with Crippen molar-refractivity contribution in [1.29, 1.82) is 0 Å². The molecule has 1 saturated heterocycles. The summed E-state index contributed by atoms with van der Waals surface area (Å²) in [6.07, 6.45) is 0.723. The lowest BCUT2D eigenvalue weighted by Gasteiger charge is -2.28. The third kappa shape index (κ3) is 2.51. The number of rotatable bonds is 2. The molecule has 1 aromatic heterocycles. The second-order valence-corrected chi connectivity index (χ2v) is 6.27. The molecule has 4 rings (SSSR count). The number of amides is 3. The Morgan fingerprint density at radius 1 is 1.29 bits per heavy atom. The number of carbonyl (C=O) groups is 2. The van der Waals surface area contributed by atoms with Gasteiger partial charge in [-0.2, -0.15) is 0 Å². The van der Waals surface area contributed by atoms with Gasteiger partial charge in [0.05, 0.1) is 24.5 Å². The van der Waals surface area contributed by atoms with Crippen LogP contribution in [0.4, 0.5) is 4.79 Å². The Morgan fingerprint density at radius 3 is 2.79 bits per heavy atom. The first kappa shape index (κ1) is 14.7. The summed E-state index contributed by atoms with van der Waals surface area (Å²) in [5, 5.41) is 2.73. The molecule has 2 aliphatic rings. The highest BCUT2D eigenvalue weighted by Crippen LogP contribution is 2.23. The topological polar surface area (TPSA) is 81.3 Å². The first-order valence-electron chi connectivity index (χ1n) is 8.05. The highest BCUT2D eigenvalue weighted by Gasteiger charge is 2.35. The molecule has 0 saturated carbocycles. The molecule has 1 fully saturated rings. The number of hydrogen-bond acceptors (Lipinski definition) is 3. The van der Waals surface area contributed by atoms with Gasteiger partial charge in [0.25, 0.3) is 0 Å². The van der Waals surface area contributed by atoms with Gasteiger partial charge < -0.3 is 20.1 Å². The molecule has 7 nitrogen and oxygen atoms in total. The molecule has 2 aromatic rings. The lowest BCUT2D eigenvalue weighted by Crippen LogP contribution is -2.47. The van der Waals surface area contributed by atoms with E-state index in [4.69, 9.17) is 0 Å². The highest BCUT2D eigenvalue weighted by atomic mass is 16.2. The van der Waals surface area contributed by atoms with E-state index in [0.29, 0.717) is 19.6 Å². The zero-order chi connectivity index (χ0) is 16.7. The molecule has 0 bridgehead atoms. The summed E-state index contributed by atoms with van der Waals surface area (Å²) in [5.74, 6) is 0.804. The van der Waals surface area contributed by atoms with Crippen molar-refractivity contribution < 1.29 is 9.59 Å². The summed E-state index contributed by atoms with van der Waals surface area (Å²) in [6.45, 7) is 1.55. The van der Waals surface area contributed by atoms with Crippen LogP contribution in [-0.4, -0.2) is 57.9 Å². The minimum atomic E-state index is -0.458. The lowest BCUT2D eigenvalue weighted by atomic mass is 10.1. The average Bonchev–Trinajstić information content (AvgIpc) is 3.18. The Hall–Kier alpha value is -2.83. The van der Waals surface area contributed by atoms with Crippen molar-refractivity contribution in [2.24, 2.45) is 0 Å². The van der Waals surface area contributed by atoms with Crippen LogP contribution in [0.2, 0.25) is 0 Å². The van der Waals surface area contributed by atoms with Gasteiger partial charge in [-0.25, -0.2) is 9.78 Å². The van der Waals surface area contributed by atoms with Crippen molar-refractivity contribution in [1.82, 2.24) is 25.1 Å². The van der Waals surface area contributed by atoms with Gasteiger partial charge in [-0.05, 0) is 0 Å². The van der Waals surface area contributed by atoms with Crippen LogP contribution in [0, 0.1) is 0 Å². The van der Waals surface area contributed by atoms with Crippen LogP contribution in [0.25, 0.3) is 11.4 Å². The van der Waals surface area contributed by atoms with E-state index in [1.54, 1.807) is 11.9 Å². The lowest BCUT2D eigenvalue weighted by molar-refractivity contribution is -0.133. The number of nitrogens with one attached hydrogen (secondary N) is 2. The average molecular weight is 325 g/mol. The molecule has 1 unspecified atom stereocenters. The molecule has 124 valence electrons. The third-order valence-electron chi connectivity index (χ3n) is 4.59. The number of nitrogens with zero attached hydrogens (tertiary/aromatic N) is 3. The van der Waals surface area contributed by atoms with Crippen molar-refractivity contribution >= 4 is 11.9 Å². The zero-order valence-electron chi connectivity index (χ0n) is 13.5. The molecule has 1 aromatic carbocycles. The number of aromatic nitrogens is 2. The maximum Gasteiger partial charge on any atom is 0.317 e. The first-order chi connectivity index (χ1) is 11.6. The van der Waals surface area contributed by atoms with Gasteiger partial charge in [-0.1, -0.05) is 30.3 Å². The predicted molar refractivity (Wildman–Crippen MR) is 88.1 cm³/mol. The van der Waals surface area contributed by atoms with E-state index in [0.717, 1.165) is 29.2 Å². The van der Waals surface area contributed by atoms with E-state index in [1.807, 2.05) is 30.3 Å². The molecule has 1 atom stereocenters. The van der Waals surface area contributed by atoms with Crippen LogP contribution in [0.1, 0.15) is 11.4 Å². The zero-order valence-corrected chi connectivity index (χ0v) is 13.5. The van der Waals surface area contributed by atoms with E-state index in [1.165, 1.54) is 4.90 Å². The molecule has 0 radical (unpaired) electrons. The van der Waals surface area contributed by atoms with Crippen LogP contribution in [0.3, 0.4) is 0 Å². The van der Waals surface area contributed by atoms with Gasteiger partial charge in [0.15, 0.2) is 0 Å². The van der Waals surface area contributed by atoms with Gasteiger partial charge in [-0.15, -0.1) is 0 Å². The van der Waals surface area contributed by atoms with Crippen molar-refractivity contribution in [3.8, 4) is 11.4 Å². The van der Waals surface area contributed by atoms with E-state index in [-0.39, 0.29) is 11.9 Å². The molecule has 3 heterocycles. The van der Waals surface area contributed by atoms with Gasteiger partial charge in [0.1, 0.15) is 11.9 Å². The number of urea groups is 1. The summed E-state index contributed by atoms with van der Waals surface area (Å²) < 4.78 is 0. The quantitative estimate of drug-likeness (QED) is 0.864.